The molecule has 2 heteroatoms. The summed E-state index contributed by atoms with van der Waals surface area (Å²) in [7, 11) is 0. The Morgan fingerprint density at radius 2 is 2.12 bits per heavy atom. The Kier molecular flexibility index (Phi) is 4.70. The van der Waals surface area contributed by atoms with E-state index in [9.17, 15) is 0 Å². The molecule has 3 atom stereocenters. The van der Waals surface area contributed by atoms with Crippen LogP contribution in [0.15, 0.2) is 12.3 Å². The van der Waals surface area contributed by atoms with Crippen LogP contribution in [-0.2, 0) is 4.74 Å². The zero-order valence-electron chi connectivity index (χ0n) is 10.5. The van der Waals surface area contributed by atoms with E-state index < -0.39 is 0 Å². The van der Waals surface area contributed by atoms with Crippen molar-refractivity contribution in [1.29, 1.82) is 0 Å². The minimum atomic E-state index is 0.408. The van der Waals surface area contributed by atoms with Gasteiger partial charge in [-0.3, -0.25) is 0 Å². The van der Waals surface area contributed by atoms with E-state index in [1.54, 1.807) is 0 Å². The number of allylic oxidation sites excluding steroid dienone is 1. The molecular weight excluding hydrogens is 198 g/mol. The molecule has 2 rings (SSSR count). The largest absolute Gasteiger partial charge is 0.497 e. The standard InChI is InChI=1S/C14H25NO/c1-12-5-4-6-13(9-8-12)15-11-14-7-2-3-10-16-14/h3,10,12-15H,2,4-9,11H2,1H3. The van der Waals surface area contributed by atoms with E-state index >= 15 is 0 Å². The van der Waals surface area contributed by atoms with Gasteiger partial charge in [-0.15, -0.1) is 0 Å². The lowest BCUT2D eigenvalue weighted by atomic mass is 10.0. The summed E-state index contributed by atoms with van der Waals surface area (Å²) in [6.45, 7) is 3.42. The first-order chi connectivity index (χ1) is 7.84. The van der Waals surface area contributed by atoms with Crippen LogP contribution in [0, 0.1) is 5.92 Å². The first-order valence-corrected chi connectivity index (χ1v) is 6.88. The second-order valence-electron chi connectivity index (χ2n) is 5.43. The van der Waals surface area contributed by atoms with Crippen molar-refractivity contribution < 1.29 is 4.74 Å². The maximum Gasteiger partial charge on any atom is 0.110 e. The van der Waals surface area contributed by atoms with Crippen LogP contribution >= 0.6 is 0 Å². The smallest absolute Gasteiger partial charge is 0.110 e. The second kappa shape index (κ2) is 6.29. The molecular formula is C14H25NO. The summed E-state index contributed by atoms with van der Waals surface area (Å²) in [5, 5.41) is 3.69. The predicted molar refractivity (Wildman–Crippen MR) is 67.3 cm³/mol. The van der Waals surface area contributed by atoms with Crippen molar-refractivity contribution >= 4 is 0 Å². The van der Waals surface area contributed by atoms with Gasteiger partial charge in [-0.25, -0.2) is 0 Å². The zero-order valence-corrected chi connectivity index (χ0v) is 10.5. The lowest BCUT2D eigenvalue weighted by Crippen LogP contribution is -2.36. The third-order valence-corrected chi connectivity index (χ3v) is 3.91. The van der Waals surface area contributed by atoms with Crippen LogP contribution in [0.25, 0.3) is 0 Å². The Morgan fingerprint density at radius 1 is 1.19 bits per heavy atom. The van der Waals surface area contributed by atoms with Gasteiger partial charge >= 0.3 is 0 Å². The summed E-state index contributed by atoms with van der Waals surface area (Å²) in [6, 6.07) is 0.736. The highest BCUT2D eigenvalue weighted by molar-refractivity contribution is 4.84. The van der Waals surface area contributed by atoms with E-state index in [2.05, 4.69) is 18.3 Å². The maximum atomic E-state index is 5.58. The first-order valence-electron chi connectivity index (χ1n) is 6.88. The molecule has 16 heavy (non-hydrogen) atoms. The molecule has 1 saturated carbocycles. The minimum absolute atomic E-state index is 0.408. The normalized spacial score (nSPS) is 35.4. The molecule has 0 aromatic carbocycles. The minimum Gasteiger partial charge on any atom is -0.497 e. The molecule has 0 saturated heterocycles. The quantitative estimate of drug-likeness (QED) is 0.742. The van der Waals surface area contributed by atoms with Gasteiger partial charge in [0.05, 0.1) is 6.26 Å². The predicted octanol–water partition coefficient (Wildman–Crippen LogP) is 3.24. The molecule has 2 nitrogen and oxygen atoms in total. The molecule has 0 radical (unpaired) electrons. The molecule has 0 aromatic heterocycles. The topological polar surface area (TPSA) is 21.3 Å². The SMILES string of the molecule is CC1CCCC(NCC2CCC=CO2)CC1. The highest BCUT2D eigenvalue weighted by atomic mass is 16.5. The van der Waals surface area contributed by atoms with Crippen LogP contribution < -0.4 is 5.32 Å². The fourth-order valence-electron chi connectivity index (χ4n) is 2.72. The number of ether oxygens (including phenoxy) is 1. The highest BCUT2D eigenvalue weighted by Crippen LogP contribution is 2.22. The van der Waals surface area contributed by atoms with Crippen molar-refractivity contribution in [2.24, 2.45) is 5.92 Å². The van der Waals surface area contributed by atoms with Crippen LogP contribution in [0.1, 0.15) is 51.9 Å². The summed E-state index contributed by atoms with van der Waals surface area (Å²) < 4.78 is 5.58. The average molecular weight is 223 g/mol. The van der Waals surface area contributed by atoms with Crippen molar-refractivity contribution in [1.82, 2.24) is 5.32 Å². The van der Waals surface area contributed by atoms with Gasteiger partial charge in [0.2, 0.25) is 0 Å². The van der Waals surface area contributed by atoms with Gasteiger partial charge in [-0.2, -0.15) is 0 Å². The number of hydrogen-bond donors (Lipinski definition) is 1. The third-order valence-electron chi connectivity index (χ3n) is 3.91. The summed E-state index contributed by atoms with van der Waals surface area (Å²) >= 11 is 0. The average Bonchev–Trinajstić information content (AvgIpc) is 2.53. The monoisotopic (exact) mass is 223 g/mol. The van der Waals surface area contributed by atoms with Crippen LogP contribution in [0.2, 0.25) is 0 Å². The van der Waals surface area contributed by atoms with Gasteiger partial charge in [0.1, 0.15) is 6.10 Å². The third kappa shape index (κ3) is 3.82. The molecule has 1 aliphatic heterocycles. The van der Waals surface area contributed by atoms with Crippen molar-refractivity contribution in [3.8, 4) is 0 Å². The van der Waals surface area contributed by atoms with Crippen molar-refractivity contribution in [3.63, 3.8) is 0 Å². The molecule has 1 N–H and O–H groups in total. The molecule has 0 aromatic rings. The second-order valence-corrected chi connectivity index (χ2v) is 5.43. The van der Waals surface area contributed by atoms with E-state index in [1.165, 1.54) is 44.9 Å². The van der Waals surface area contributed by atoms with E-state index in [4.69, 9.17) is 4.74 Å². The van der Waals surface area contributed by atoms with E-state index in [0.29, 0.717) is 6.10 Å². The van der Waals surface area contributed by atoms with Gasteiger partial charge in [0, 0.05) is 12.6 Å². The Morgan fingerprint density at radius 3 is 2.94 bits per heavy atom. The maximum absolute atomic E-state index is 5.58. The van der Waals surface area contributed by atoms with Gasteiger partial charge in [0.15, 0.2) is 0 Å². The highest BCUT2D eigenvalue weighted by Gasteiger charge is 2.18. The number of nitrogens with one attached hydrogen (secondary N) is 1. The number of rotatable bonds is 3. The Labute approximate surface area is 99.4 Å². The molecule has 1 aliphatic carbocycles. The van der Waals surface area contributed by atoms with E-state index in [-0.39, 0.29) is 0 Å². The summed E-state index contributed by atoms with van der Waals surface area (Å²) in [5.41, 5.74) is 0. The van der Waals surface area contributed by atoms with Gasteiger partial charge in [-0.05, 0) is 44.1 Å². The van der Waals surface area contributed by atoms with Crippen LogP contribution in [0.5, 0.6) is 0 Å². The fourth-order valence-corrected chi connectivity index (χ4v) is 2.72. The molecule has 92 valence electrons. The fraction of sp³-hybridized carbons (Fsp3) is 0.857. The lowest BCUT2D eigenvalue weighted by Gasteiger charge is -2.23. The van der Waals surface area contributed by atoms with Gasteiger partial charge in [0.25, 0.3) is 0 Å². The first kappa shape index (κ1) is 12.0. The van der Waals surface area contributed by atoms with Crippen LogP contribution in [-0.4, -0.2) is 18.7 Å². The van der Waals surface area contributed by atoms with Crippen molar-refractivity contribution in [3.05, 3.63) is 12.3 Å². The molecule has 1 heterocycles. The number of hydrogen-bond acceptors (Lipinski definition) is 2. The summed E-state index contributed by atoms with van der Waals surface area (Å²) in [6.07, 6.45) is 13.6. The molecule has 1 fully saturated rings. The van der Waals surface area contributed by atoms with Gasteiger partial charge < -0.3 is 10.1 Å². The molecule has 0 spiro atoms. The molecule has 2 aliphatic rings. The molecule has 3 unspecified atom stereocenters. The zero-order chi connectivity index (χ0) is 11.2. The summed E-state index contributed by atoms with van der Waals surface area (Å²) in [5.74, 6) is 0.931. The van der Waals surface area contributed by atoms with Crippen LogP contribution in [0.3, 0.4) is 0 Å². The Bertz CT molecular complexity index is 227. The van der Waals surface area contributed by atoms with E-state index in [1.807, 2.05) is 6.26 Å². The summed E-state index contributed by atoms with van der Waals surface area (Å²) in [4.78, 5) is 0. The van der Waals surface area contributed by atoms with Crippen molar-refractivity contribution in [2.45, 2.75) is 64.0 Å². The van der Waals surface area contributed by atoms with Crippen LogP contribution in [0.4, 0.5) is 0 Å². The lowest BCUT2D eigenvalue weighted by molar-refractivity contribution is 0.118. The Hall–Kier alpha value is -0.500. The van der Waals surface area contributed by atoms with Gasteiger partial charge in [-0.1, -0.05) is 19.8 Å². The molecule has 0 bridgehead atoms. The molecule has 0 amide bonds. The Balaban J connectivity index is 1.66. The van der Waals surface area contributed by atoms with Crippen molar-refractivity contribution in [2.75, 3.05) is 6.54 Å². The van der Waals surface area contributed by atoms with E-state index in [0.717, 1.165) is 18.5 Å².